The molecule has 0 unspecified atom stereocenters. The second-order valence-corrected chi connectivity index (χ2v) is 5.53. The van der Waals surface area contributed by atoms with Crippen LogP contribution in [0.15, 0.2) is 24.3 Å². The third-order valence-electron chi connectivity index (χ3n) is 2.63. The predicted molar refractivity (Wildman–Crippen MR) is 64.8 cm³/mol. The molecule has 15 heavy (non-hydrogen) atoms. The van der Waals surface area contributed by atoms with Crippen LogP contribution < -0.4 is 0 Å². The van der Waals surface area contributed by atoms with Gasteiger partial charge in [0, 0.05) is 0 Å². The average Bonchev–Trinajstić information content (AvgIpc) is 2.14. The minimum atomic E-state index is -0.315. The fraction of sp³-hybridized carbons (Fsp3) is 0.571. The van der Waals surface area contributed by atoms with Gasteiger partial charge in [0.15, 0.2) is 0 Å². The summed E-state index contributed by atoms with van der Waals surface area (Å²) in [7, 11) is 0. The summed E-state index contributed by atoms with van der Waals surface area (Å²) in [5.41, 5.74) is 2.57. The van der Waals surface area contributed by atoms with Gasteiger partial charge >= 0.3 is 0 Å². The molecule has 0 heterocycles. The first-order valence-corrected chi connectivity index (χ1v) is 5.63. The third-order valence-corrected chi connectivity index (χ3v) is 2.63. The van der Waals surface area contributed by atoms with Crippen LogP contribution in [0, 0.1) is 12.3 Å². The van der Waals surface area contributed by atoms with Crippen molar-refractivity contribution in [1.82, 2.24) is 0 Å². The molecule has 0 fully saturated rings. The van der Waals surface area contributed by atoms with Crippen LogP contribution in [0.1, 0.15) is 50.8 Å². The Bertz CT molecular complexity index is 292. The van der Waals surface area contributed by atoms with E-state index in [2.05, 4.69) is 39.8 Å². The zero-order chi connectivity index (χ0) is 11.5. The van der Waals surface area contributed by atoms with Crippen molar-refractivity contribution in [3.8, 4) is 0 Å². The largest absolute Gasteiger partial charge is 0.388 e. The predicted octanol–water partition coefficient (Wildman–Crippen LogP) is 3.85. The van der Waals surface area contributed by atoms with Crippen molar-refractivity contribution in [3.05, 3.63) is 35.4 Å². The Morgan fingerprint density at radius 2 is 1.67 bits per heavy atom. The van der Waals surface area contributed by atoms with Gasteiger partial charge in [-0.2, -0.15) is 0 Å². The molecule has 0 saturated heterocycles. The van der Waals surface area contributed by atoms with Crippen molar-refractivity contribution in [2.45, 2.75) is 46.6 Å². The quantitative estimate of drug-likeness (QED) is 0.796. The summed E-state index contributed by atoms with van der Waals surface area (Å²) in [5, 5.41) is 9.97. The first-order chi connectivity index (χ1) is 6.88. The van der Waals surface area contributed by atoms with Gasteiger partial charge in [-0.25, -0.2) is 0 Å². The molecule has 1 aromatic carbocycles. The van der Waals surface area contributed by atoms with Gasteiger partial charge in [-0.05, 0) is 30.7 Å². The standard InChI is InChI=1S/C14H22O/c1-11-5-7-12(8-6-11)13(15)9-10-14(2,3)4/h5-8,13,15H,9-10H2,1-4H3/t13-/m0/s1. The summed E-state index contributed by atoms with van der Waals surface area (Å²) in [6, 6.07) is 8.14. The van der Waals surface area contributed by atoms with Gasteiger partial charge in [0.2, 0.25) is 0 Å². The fourth-order valence-electron chi connectivity index (χ4n) is 1.52. The molecule has 1 heteroatoms. The van der Waals surface area contributed by atoms with Gasteiger partial charge in [0.25, 0.3) is 0 Å². The van der Waals surface area contributed by atoms with E-state index in [1.165, 1.54) is 5.56 Å². The van der Waals surface area contributed by atoms with Crippen LogP contribution in [0.4, 0.5) is 0 Å². The van der Waals surface area contributed by atoms with E-state index in [4.69, 9.17) is 0 Å². The van der Waals surface area contributed by atoms with Crippen LogP contribution in [0.5, 0.6) is 0 Å². The summed E-state index contributed by atoms with van der Waals surface area (Å²) >= 11 is 0. The Morgan fingerprint density at radius 3 is 2.13 bits per heavy atom. The molecular weight excluding hydrogens is 184 g/mol. The lowest BCUT2D eigenvalue weighted by molar-refractivity contribution is 0.147. The van der Waals surface area contributed by atoms with E-state index in [0.717, 1.165) is 18.4 Å². The molecule has 1 atom stereocenters. The highest BCUT2D eigenvalue weighted by atomic mass is 16.3. The molecule has 0 aliphatic heterocycles. The molecule has 0 spiro atoms. The second kappa shape index (κ2) is 4.80. The maximum absolute atomic E-state index is 9.97. The Morgan fingerprint density at radius 1 is 1.13 bits per heavy atom. The van der Waals surface area contributed by atoms with Crippen molar-refractivity contribution in [2.24, 2.45) is 5.41 Å². The Hall–Kier alpha value is -0.820. The molecule has 0 bridgehead atoms. The van der Waals surface area contributed by atoms with Gasteiger partial charge in [-0.3, -0.25) is 0 Å². The highest BCUT2D eigenvalue weighted by Crippen LogP contribution is 2.27. The average molecular weight is 206 g/mol. The third kappa shape index (κ3) is 4.48. The molecule has 0 aliphatic rings. The van der Waals surface area contributed by atoms with Crippen molar-refractivity contribution >= 4 is 0 Å². The topological polar surface area (TPSA) is 20.2 Å². The van der Waals surface area contributed by atoms with Gasteiger partial charge in [0.05, 0.1) is 6.10 Å². The zero-order valence-corrected chi connectivity index (χ0v) is 10.2. The van der Waals surface area contributed by atoms with Gasteiger partial charge in [0.1, 0.15) is 0 Å². The van der Waals surface area contributed by atoms with Crippen LogP contribution in [0.3, 0.4) is 0 Å². The minimum Gasteiger partial charge on any atom is -0.388 e. The monoisotopic (exact) mass is 206 g/mol. The molecule has 84 valence electrons. The SMILES string of the molecule is Cc1ccc([C@@H](O)CCC(C)(C)C)cc1. The van der Waals surface area contributed by atoms with Crippen molar-refractivity contribution in [1.29, 1.82) is 0 Å². The Labute approximate surface area is 93.1 Å². The summed E-state index contributed by atoms with van der Waals surface area (Å²) in [5.74, 6) is 0. The lowest BCUT2D eigenvalue weighted by Crippen LogP contribution is -2.08. The Kier molecular flexibility index (Phi) is 3.92. The van der Waals surface area contributed by atoms with Crippen LogP contribution in [0.25, 0.3) is 0 Å². The van der Waals surface area contributed by atoms with E-state index >= 15 is 0 Å². The molecule has 0 aromatic heterocycles. The highest BCUT2D eigenvalue weighted by Gasteiger charge is 2.14. The molecular formula is C14H22O. The second-order valence-electron chi connectivity index (χ2n) is 5.53. The maximum atomic E-state index is 9.97. The van der Waals surface area contributed by atoms with E-state index in [1.807, 2.05) is 12.1 Å². The number of hydrogen-bond acceptors (Lipinski definition) is 1. The molecule has 0 aliphatic carbocycles. The van der Waals surface area contributed by atoms with E-state index in [1.54, 1.807) is 0 Å². The smallest absolute Gasteiger partial charge is 0.0790 e. The molecule has 1 rings (SSSR count). The summed E-state index contributed by atoms with van der Waals surface area (Å²) < 4.78 is 0. The molecule has 1 N–H and O–H groups in total. The van der Waals surface area contributed by atoms with Gasteiger partial charge in [-0.1, -0.05) is 50.6 Å². The normalized spacial score (nSPS) is 13.9. The molecule has 0 saturated carbocycles. The first-order valence-electron chi connectivity index (χ1n) is 5.63. The molecule has 1 nitrogen and oxygen atoms in total. The molecule has 0 amide bonds. The minimum absolute atomic E-state index is 0.297. The highest BCUT2D eigenvalue weighted by molar-refractivity contribution is 5.22. The number of rotatable bonds is 3. The lowest BCUT2D eigenvalue weighted by Gasteiger charge is -2.20. The number of hydrogen-bond donors (Lipinski definition) is 1. The lowest BCUT2D eigenvalue weighted by atomic mass is 9.88. The van der Waals surface area contributed by atoms with Crippen LogP contribution in [-0.2, 0) is 0 Å². The van der Waals surface area contributed by atoms with Gasteiger partial charge < -0.3 is 5.11 Å². The fourth-order valence-corrected chi connectivity index (χ4v) is 1.52. The van der Waals surface area contributed by atoms with E-state index in [-0.39, 0.29) is 6.10 Å². The van der Waals surface area contributed by atoms with E-state index < -0.39 is 0 Å². The summed E-state index contributed by atoms with van der Waals surface area (Å²) in [4.78, 5) is 0. The number of aliphatic hydroxyl groups is 1. The molecule has 1 aromatic rings. The van der Waals surface area contributed by atoms with Gasteiger partial charge in [-0.15, -0.1) is 0 Å². The zero-order valence-electron chi connectivity index (χ0n) is 10.2. The summed E-state index contributed by atoms with van der Waals surface area (Å²) in [6.45, 7) is 8.67. The van der Waals surface area contributed by atoms with Crippen LogP contribution in [0.2, 0.25) is 0 Å². The number of benzene rings is 1. The Balaban J connectivity index is 2.54. The number of aliphatic hydroxyl groups excluding tert-OH is 1. The molecule has 0 radical (unpaired) electrons. The van der Waals surface area contributed by atoms with Crippen LogP contribution >= 0.6 is 0 Å². The van der Waals surface area contributed by atoms with Crippen LogP contribution in [-0.4, -0.2) is 5.11 Å². The van der Waals surface area contributed by atoms with E-state index in [0.29, 0.717) is 5.41 Å². The first kappa shape index (κ1) is 12.3. The summed E-state index contributed by atoms with van der Waals surface area (Å²) in [6.07, 6.45) is 1.57. The maximum Gasteiger partial charge on any atom is 0.0790 e. The number of aryl methyl sites for hydroxylation is 1. The van der Waals surface area contributed by atoms with Crippen molar-refractivity contribution in [2.75, 3.05) is 0 Å². The van der Waals surface area contributed by atoms with Crippen molar-refractivity contribution in [3.63, 3.8) is 0 Å². The van der Waals surface area contributed by atoms with E-state index in [9.17, 15) is 5.11 Å². The van der Waals surface area contributed by atoms with Crippen molar-refractivity contribution < 1.29 is 5.11 Å².